The summed E-state index contributed by atoms with van der Waals surface area (Å²) < 4.78 is 2.91. The third-order valence-corrected chi connectivity index (χ3v) is 6.98. The average Bonchev–Trinajstić information content (AvgIpc) is 3.14. The molecule has 10 heteroatoms. The monoisotopic (exact) mass is 597 g/mol. The second-order valence-corrected chi connectivity index (χ2v) is 10.4. The molecule has 1 heterocycles. The van der Waals surface area contributed by atoms with Crippen molar-refractivity contribution in [2.45, 2.75) is 37.9 Å². The van der Waals surface area contributed by atoms with Crippen LogP contribution in [0, 0.1) is 3.57 Å². The summed E-state index contributed by atoms with van der Waals surface area (Å²) in [5, 5.41) is 15.3. The maximum Gasteiger partial charge on any atom is 0.253 e. The number of nitrogens with zero attached hydrogens (tertiary/aromatic N) is 3. The topological polar surface area (TPSA) is 88.9 Å². The van der Waals surface area contributed by atoms with Crippen LogP contribution in [0.25, 0.3) is 0 Å². The smallest absolute Gasteiger partial charge is 0.253 e. The van der Waals surface area contributed by atoms with E-state index in [-0.39, 0.29) is 17.6 Å². The van der Waals surface area contributed by atoms with Crippen LogP contribution in [-0.2, 0) is 11.8 Å². The van der Waals surface area contributed by atoms with Gasteiger partial charge in [-0.3, -0.25) is 9.59 Å². The first-order valence-corrected chi connectivity index (χ1v) is 12.8. The van der Waals surface area contributed by atoms with E-state index in [0.29, 0.717) is 27.5 Å². The van der Waals surface area contributed by atoms with Crippen LogP contribution in [0.3, 0.4) is 0 Å². The third kappa shape index (κ3) is 6.48. The molecule has 0 radical (unpaired) electrons. The molecule has 0 unspecified atom stereocenters. The molecule has 0 bridgehead atoms. The van der Waals surface area contributed by atoms with Crippen LogP contribution in [0.15, 0.2) is 47.6 Å². The van der Waals surface area contributed by atoms with Crippen molar-refractivity contribution < 1.29 is 9.59 Å². The molecule has 2 amide bonds. The molecule has 0 aliphatic heterocycles. The number of hydrogen-bond donors (Lipinski definition) is 2. The van der Waals surface area contributed by atoms with Gasteiger partial charge in [0.25, 0.3) is 5.91 Å². The number of aromatic nitrogens is 3. The number of thioether (sulfide) groups is 1. The van der Waals surface area contributed by atoms with Crippen LogP contribution in [0.2, 0.25) is 5.02 Å². The van der Waals surface area contributed by atoms with Crippen molar-refractivity contribution >= 4 is 63.5 Å². The van der Waals surface area contributed by atoms with Crippen molar-refractivity contribution in [3.8, 4) is 0 Å². The third-order valence-electron chi connectivity index (χ3n) is 4.96. The lowest BCUT2D eigenvalue weighted by molar-refractivity contribution is -0.113. The summed E-state index contributed by atoms with van der Waals surface area (Å²) in [4.78, 5) is 25.1. The van der Waals surface area contributed by atoms with E-state index in [1.54, 1.807) is 28.8 Å². The van der Waals surface area contributed by atoms with Crippen molar-refractivity contribution in [3.63, 3.8) is 0 Å². The highest BCUT2D eigenvalue weighted by Crippen LogP contribution is 2.27. The molecule has 3 aromatic rings. The lowest BCUT2D eigenvalue weighted by atomic mass is 10.0. The molecule has 33 heavy (non-hydrogen) atoms. The minimum absolute atomic E-state index is 0.118. The van der Waals surface area contributed by atoms with Crippen molar-refractivity contribution in [1.29, 1.82) is 0 Å². The number of carbonyl (C=O) groups is 2. The Hall–Kier alpha value is -2.11. The normalized spacial score (nSPS) is 12.0. The maximum absolute atomic E-state index is 12.6. The van der Waals surface area contributed by atoms with Crippen LogP contribution in [0.4, 0.5) is 5.69 Å². The number of nitrogens with one attached hydrogen (secondary N) is 2. The predicted octanol–water partition coefficient (Wildman–Crippen LogP) is 5.42. The lowest BCUT2D eigenvalue weighted by Crippen LogP contribution is -2.28. The second kappa shape index (κ2) is 11.3. The molecule has 0 aliphatic carbocycles. The van der Waals surface area contributed by atoms with Gasteiger partial charge in [0.2, 0.25) is 5.91 Å². The molecule has 0 spiro atoms. The van der Waals surface area contributed by atoms with Gasteiger partial charge in [-0.2, -0.15) is 0 Å². The van der Waals surface area contributed by atoms with Gasteiger partial charge in [-0.1, -0.05) is 49.3 Å². The van der Waals surface area contributed by atoms with E-state index in [0.717, 1.165) is 14.8 Å². The number of amides is 2. The summed E-state index contributed by atoms with van der Waals surface area (Å²) in [5.41, 5.74) is 2.32. The van der Waals surface area contributed by atoms with E-state index in [2.05, 4.69) is 63.3 Å². The van der Waals surface area contributed by atoms with Crippen molar-refractivity contribution in [1.82, 2.24) is 20.1 Å². The Balaban J connectivity index is 1.61. The Morgan fingerprint density at radius 2 is 1.88 bits per heavy atom. The molecule has 7 nitrogen and oxygen atoms in total. The van der Waals surface area contributed by atoms with Gasteiger partial charge >= 0.3 is 0 Å². The average molecular weight is 598 g/mol. The highest BCUT2D eigenvalue weighted by molar-refractivity contribution is 14.1. The summed E-state index contributed by atoms with van der Waals surface area (Å²) in [6, 6.07) is 12.5. The van der Waals surface area contributed by atoms with Crippen molar-refractivity contribution in [3.05, 3.63) is 68.0 Å². The van der Waals surface area contributed by atoms with Crippen molar-refractivity contribution in [2.75, 3.05) is 11.1 Å². The van der Waals surface area contributed by atoms with E-state index in [1.807, 2.05) is 26.1 Å². The van der Waals surface area contributed by atoms with Crippen molar-refractivity contribution in [2.24, 2.45) is 7.05 Å². The van der Waals surface area contributed by atoms with Crippen LogP contribution < -0.4 is 10.6 Å². The molecular formula is C23H25ClIN5O2S. The van der Waals surface area contributed by atoms with Crippen LogP contribution in [0.5, 0.6) is 0 Å². The second-order valence-electron chi connectivity index (χ2n) is 7.80. The number of carbonyl (C=O) groups excluding carboxylic acids is 2. The Morgan fingerprint density at radius 1 is 1.15 bits per heavy atom. The summed E-state index contributed by atoms with van der Waals surface area (Å²) in [6.07, 6.45) is 0. The summed E-state index contributed by atoms with van der Waals surface area (Å²) in [5.74, 6) is 0.663. The minimum atomic E-state index is -0.394. The highest BCUT2D eigenvalue weighted by Gasteiger charge is 2.20. The van der Waals surface area contributed by atoms with Gasteiger partial charge in [0, 0.05) is 16.3 Å². The standard InChI is InChI=1S/C23H25ClIN5O2S/c1-13(2)17-11-15(25)9-10-19(17)27-20(31)12-33-23-29-28-21(30(23)4)14(3)26-22(32)16-7-5-6-8-18(16)24/h5-11,13-14H,12H2,1-4H3,(H,26,32)(H,27,31)/t14-/m0/s1. The number of rotatable bonds is 8. The molecule has 174 valence electrons. The zero-order valence-electron chi connectivity index (χ0n) is 18.7. The molecule has 1 atom stereocenters. The zero-order chi connectivity index (χ0) is 24.1. The number of anilines is 1. The molecule has 0 saturated carbocycles. The molecule has 0 fully saturated rings. The first kappa shape index (κ1) is 25.5. The minimum Gasteiger partial charge on any atom is -0.342 e. The largest absolute Gasteiger partial charge is 0.342 e. The first-order valence-electron chi connectivity index (χ1n) is 10.3. The highest BCUT2D eigenvalue weighted by atomic mass is 127. The van der Waals surface area contributed by atoms with Gasteiger partial charge in [0.05, 0.1) is 22.4 Å². The van der Waals surface area contributed by atoms with Gasteiger partial charge in [-0.25, -0.2) is 0 Å². The zero-order valence-corrected chi connectivity index (χ0v) is 22.5. The number of benzene rings is 2. The fraction of sp³-hybridized carbons (Fsp3) is 0.304. The van der Waals surface area contributed by atoms with E-state index < -0.39 is 6.04 Å². The molecule has 0 saturated heterocycles. The number of halogens is 2. The molecule has 1 aromatic heterocycles. The van der Waals surface area contributed by atoms with Crippen LogP contribution in [-0.4, -0.2) is 32.3 Å². The van der Waals surface area contributed by atoms with Gasteiger partial charge in [-0.05, 0) is 71.3 Å². The molecular weight excluding hydrogens is 573 g/mol. The summed E-state index contributed by atoms with van der Waals surface area (Å²) in [7, 11) is 1.81. The van der Waals surface area contributed by atoms with E-state index in [4.69, 9.17) is 11.6 Å². The number of hydrogen-bond acceptors (Lipinski definition) is 5. The molecule has 2 N–H and O–H groups in total. The summed E-state index contributed by atoms with van der Waals surface area (Å²) in [6.45, 7) is 6.02. The summed E-state index contributed by atoms with van der Waals surface area (Å²) >= 11 is 9.67. The Morgan fingerprint density at radius 3 is 2.58 bits per heavy atom. The predicted molar refractivity (Wildman–Crippen MR) is 141 cm³/mol. The molecule has 0 aliphatic rings. The SMILES string of the molecule is CC(C)c1cc(I)ccc1NC(=O)CSc1nnc([C@H](C)NC(=O)c2ccccc2Cl)n1C. The van der Waals surface area contributed by atoms with E-state index >= 15 is 0 Å². The van der Waals surface area contributed by atoms with E-state index in [1.165, 1.54) is 11.8 Å². The lowest BCUT2D eigenvalue weighted by Gasteiger charge is -2.15. The van der Waals surface area contributed by atoms with Gasteiger partial charge in [0.15, 0.2) is 11.0 Å². The fourth-order valence-corrected chi connectivity index (χ4v) is 4.71. The Kier molecular flexibility index (Phi) is 8.77. The quantitative estimate of drug-likeness (QED) is 0.268. The van der Waals surface area contributed by atoms with E-state index in [9.17, 15) is 9.59 Å². The van der Waals surface area contributed by atoms with Gasteiger partial charge in [-0.15, -0.1) is 10.2 Å². The van der Waals surface area contributed by atoms with Crippen LogP contribution in [0.1, 0.15) is 54.5 Å². The maximum atomic E-state index is 12.6. The first-order chi connectivity index (χ1) is 15.7. The Labute approximate surface area is 216 Å². The van der Waals surface area contributed by atoms with Crippen LogP contribution >= 0.6 is 46.0 Å². The Bertz CT molecular complexity index is 1170. The fourth-order valence-electron chi connectivity index (χ4n) is 3.25. The molecule has 2 aromatic carbocycles. The van der Waals surface area contributed by atoms with Gasteiger partial charge in [0.1, 0.15) is 0 Å². The van der Waals surface area contributed by atoms with Gasteiger partial charge < -0.3 is 15.2 Å². The molecule has 3 rings (SSSR count).